The molecule has 0 aromatic heterocycles. The van der Waals surface area contributed by atoms with Crippen molar-refractivity contribution < 1.29 is 4.74 Å². The molecule has 0 aliphatic heterocycles. The van der Waals surface area contributed by atoms with Crippen LogP contribution in [0.1, 0.15) is 27.7 Å². The van der Waals surface area contributed by atoms with E-state index in [2.05, 4.69) is 76.2 Å². The molecule has 1 nitrogen and oxygen atoms in total. The Balaban J connectivity index is 0.000000192. The number of hydrogen-bond donors (Lipinski definition) is 0. The van der Waals surface area contributed by atoms with Crippen molar-refractivity contribution in [1.29, 1.82) is 0 Å². The quantitative estimate of drug-likeness (QED) is 0.736. The van der Waals surface area contributed by atoms with Gasteiger partial charge in [0.05, 0.1) is 0 Å². The van der Waals surface area contributed by atoms with E-state index in [1.807, 2.05) is 0 Å². The molecule has 0 spiro atoms. The standard InChI is InChI=1S/C10H8.C8H18O/c1-2-6-10-8-4-3-7-9(10)5-1;1-7(2)5-9-6-8(3)4/h1-8H;7-8H,5-6H2,1-4H3. The first-order chi connectivity index (χ1) is 9.09. The van der Waals surface area contributed by atoms with E-state index < -0.39 is 0 Å². The van der Waals surface area contributed by atoms with Crippen molar-refractivity contribution in [2.75, 3.05) is 13.2 Å². The van der Waals surface area contributed by atoms with Crippen LogP contribution >= 0.6 is 0 Å². The van der Waals surface area contributed by atoms with Crippen LogP contribution in [-0.2, 0) is 4.74 Å². The predicted octanol–water partition coefficient (Wildman–Crippen LogP) is 5.15. The third kappa shape index (κ3) is 6.97. The number of benzene rings is 2. The number of fused-ring (bicyclic) bond motifs is 1. The Labute approximate surface area is 117 Å². The molecular weight excluding hydrogens is 232 g/mol. The summed E-state index contributed by atoms with van der Waals surface area (Å²) in [7, 11) is 0. The van der Waals surface area contributed by atoms with Crippen LogP contribution in [0.2, 0.25) is 0 Å². The molecule has 0 aliphatic carbocycles. The zero-order valence-corrected chi connectivity index (χ0v) is 12.6. The molecule has 19 heavy (non-hydrogen) atoms. The van der Waals surface area contributed by atoms with Gasteiger partial charge in [-0.1, -0.05) is 76.2 Å². The summed E-state index contributed by atoms with van der Waals surface area (Å²) in [6.45, 7) is 10.5. The molecule has 0 aliphatic rings. The first kappa shape index (κ1) is 15.7. The Morgan fingerprint density at radius 3 is 1.26 bits per heavy atom. The smallest absolute Gasteiger partial charge is 0.0489 e. The van der Waals surface area contributed by atoms with Gasteiger partial charge in [-0.15, -0.1) is 0 Å². The highest BCUT2D eigenvalue weighted by atomic mass is 16.5. The Morgan fingerprint density at radius 1 is 0.684 bits per heavy atom. The fourth-order valence-electron chi connectivity index (χ4n) is 1.67. The van der Waals surface area contributed by atoms with Crippen molar-refractivity contribution in [3.63, 3.8) is 0 Å². The van der Waals surface area contributed by atoms with Crippen LogP contribution in [0.5, 0.6) is 0 Å². The van der Waals surface area contributed by atoms with E-state index in [-0.39, 0.29) is 0 Å². The number of rotatable bonds is 4. The molecule has 0 saturated heterocycles. The summed E-state index contributed by atoms with van der Waals surface area (Å²) in [6.07, 6.45) is 0. The monoisotopic (exact) mass is 258 g/mol. The van der Waals surface area contributed by atoms with E-state index in [0.29, 0.717) is 11.8 Å². The van der Waals surface area contributed by atoms with Gasteiger partial charge >= 0.3 is 0 Å². The fraction of sp³-hybridized carbons (Fsp3) is 0.444. The van der Waals surface area contributed by atoms with Gasteiger partial charge in [0.25, 0.3) is 0 Å². The molecule has 1 heteroatoms. The highest BCUT2D eigenvalue weighted by molar-refractivity contribution is 5.81. The molecule has 0 N–H and O–H groups in total. The van der Waals surface area contributed by atoms with Gasteiger partial charge in [-0.05, 0) is 22.6 Å². The van der Waals surface area contributed by atoms with Crippen LogP contribution < -0.4 is 0 Å². The minimum Gasteiger partial charge on any atom is -0.381 e. The van der Waals surface area contributed by atoms with Crippen LogP contribution in [0.25, 0.3) is 10.8 Å². The first-order valence-corrected chi connectivity index (χ1v) is 7.11. The summed E-state index contributed by atoms with van der Waals surface area (Å²) in [5.74, 6) is 1.34. The highest BCUT2D eigenvalue weighted by Gasteiger charge is 1.95. The second-order valence-electron chi connectivity index (χ2n) is 5.67. The van der Waals surface area contributed by atoms with E-state index in [0.717, 1.165) is 13.2 Å². The molecule has 0 fully saturated rings. The lowest BCUT2D eigenvalue weighted by Gasteiger charge is -2.07. The van der Waals surface area contributed by atoms with E-state index in [1.54, 1.807) is 0 Å². The lowest BCUT2D eigenvalue weighted by atomic mass is 10.1. The van der Waals surface area contributed by atoms with Crippen molar-refractivity contribution in [1.82, 2.24) is 0 Å². The van der Waals surface area contributed by atoms with E-state index in [1.165, 1.54) is 10.8 Å². The van der Waals surface area contributed by atoms with Gasteiger partial charge in [0.2, 0.25) is 0 Å². The number of ether oxygens (including phenoxy) is 1. The van der Waals surface area contributed by atoms with Crippen LogP contribution in [0.3, 0.4) is 0 Å². The normalized spacial score (nSPS) is 10.6. The van der Waals surface area contributed by atoms with Crippen LogP contribution in [0.4, 0.5) is 0 Å². The highest BCUT2D eigenvalue weighted by Crippen LogP contribution is 2.11. The van der Waals surface area contributed by atoms with Crippen molar-refractivity contribution in [2.45, 2.75) is 27.7 Å². The maximum Gasteiger partial charge on any atom is 0.0489 e. The van der Waals surface area contributed by atoms with Crippen LogP contribution in [-0.4, -0.2) is 13.2 Å². The Kier molecular flexibility index (Phi) is 7.20. The average Bonchev–Trinajstić information content (AvgIpc) is 2.39. The van der Waals surface area contributed by atoms with Gasteiger partial charge in [-0.2, -0.15) is 0 Å². The summed E-state index contributed by atoms with van der Waals surface area (Å²) < 4.78 is 5.36. The Morgan fingerprint density at radius 2 is 1.00 bits per heavy atom. The molecule has 0 amide bonds. The van der Waals surface area contributed by atoms with Crippen molar-refractivity contribution in [2.24, 2.45) is 11.8 Å². The summed E-state index contributed by atoms with van der Waals surface area (Å²) in [5.41, 5.74) is 0. The maximum atomic E-state index is 5.36. The lowest BCUT2D eigenvalue weighted by Crippen LogP contribution is -2.06. The minimum absolute atomic E-state index is 0.670. The van der Waals surface area contributed by atoms with Gasteiger partial charge in [-0.3, -0.25) is 0 Å². The van der Waals surface area contributed by atoms with Crippen molar-refractivity contribution in [3.05, 3.63) is 48.5 Å². The molecule has 0 saturated carbocycles. The van der Waals surface area contributed by atoms with Gasteiger partial charge in [0.1, 0.15) is 0 Å². The fourth-order valence-corrected chi connectivity index (χ4v) is 1.67. The predicted molar refractivity (Wildman–Crippen MR) is 84.4 cm³/mol. The zero-order chi connectivity index (χ0) is 14.1. The lowest BCUT2D eigenvalue weighted by molar-refractivity contribution is 0.0886. The molecule has 104 valence electrons. The van der Waals surface area contributed by atoms with Gasteiger partial charge in [-0.25, -0.2) is 0 Å². The molecule has 0 heterocycles. The van der Waals surface area contributed by atoms with E-state index in [4.69, 9.17) is 4.74 Å². The maximum absolute atomic E-state index is 5.36. The SMILES string of the molecule is CC(C)COCC(C)C.c1ccc2ccccc2c1. The van der Waals surface area contributed by atoms with Crippen molar-refractivity contribution >= 4 is 10.8 Å². The molecule has 2 aromatic carbocycles. The first-order valence-electron chi connectivity index (χ1n) is 7.11. The summed E-state index contributed by atoms with van der Waals surface area (Å²) in [4.78, 5) is 0. The van der Waals surface area contributed by atoms with Crippen LogP contribution in [0, 0.1) is 11.8 Å². The largest absolute Gasteiger partial charge is 0.381 e. The molecule has 2 rings (SSSR count). The Bertz CT molecular complexity index is 386. The van der Waals surface area contributed by atoms with Crippen LogP contribution in [0.15, 0.2) is 48.5 Å². The second kappa shape index (κ2) is 8.71. The van der Waals surface area contributed by atoms with E-state index >= 15 is 0 Å². The van der Waals surface area contributed by atoms with Gasteiger partial charge in [0, 0.05) is 13.2 Å². The molecule has 0 bridgehead atoms. The van der Waals surface area contributed by atoms with Gasteiger partial charge in [0.15, 0.2) is 0 Å². The topological polar surface area (TPSA) is 9.23 Å². The molecule has 0 atom stereocenters. The summed E-state index contributed by atoms with van der Waals surface area (Å²) >= 11 is 0. The molecule has 2 aromatic rings. The second-order valence-corrected chi connectivity index (χ2v) is 5.67. The molecule has 0 unspecified atom stereocenters. The summed E-state index contributed by atoms with van der Waals surface area (Å²) in [6, 6.07) is 16.7. The van der Waals surface area contributed by atoms with E-state index in [9.17, 15) is 0 Å². The molecular formula is C18H26O. The summed E-state index contributed by atoms with van der Waals surface area (Å²) in [5, 5.41) is 2.62. The Hall–Kier alpha value is -1.34. The van der Waals surface area contributed by atoms with Gasteiger partial charge < -0.3 is 4.74 Å². The van der Waals surface area contributed by atoms with Crippen molar-refractivity contribution in [3.8, 4) is 0 Å². The third-order valence-electron chi connectivity index (χ3n) is 2.56. The number of hydrogen-bond acceptors (Lipinski definition) is 1. The zero-order valence-electron chi connectivity index (χ0n) is 12.6. The minimum atomic E-state index is 0.670. The molecule has 0 radical (unpaired) electrons. The average molecular weight is 258 g/mol. The third-order valence-corrected chi connectivity index (χ3v) is 2.56.